The zero-order chi connectivity index (χ0) is 21.3. The molecule has 2 aromatic heterocycles. The maximum atomic E-state index is 5.71. The highest BCUT2D eigenvalue weighted by molar-refractivity contribution is 5.79. The van der Waals surface area contributed by atoms with Crippen molar-refractivity contribution in [1.29, 1.82) is 0 Å². The van der Waals surface area contributed by atoms with Gasteiger partial charge in [-0.15, -0.1) is 0 Å². The van der Waals surface area contributed by atoms with Gasteiger partial charge in [-0.05, 0) is 48.4 Å². The second-order valence-corrected chi connectivity index (χ2v) is 7.78. The van der Waals surface area contributed by atoms with Crippen molar-refractivity contribution in [3.05, 3.63) is 77.7 Å². The molecule has 0 aliphatic heterocycles. The summed E-state index contributed by atoms with van der Waals surface area (Å²) in [6.45, 7) is 5.64. The Bertz CT molecular complexity index is 964. The van der Waals surface area contributed by atoms with Crippen molar-refractivity contribution < 1.29 is 4.74 Å². The van der Waals surface area contributed by atoms with Crippen LogP contribution in [-0.2, 0) is 19.6 Å². The van der Waals surface area contributed by atoms with E-state index in [0.717, 1.165) is 37.1 Å². The van der Waals surface area contributed by atoms with E-state index in [9.17, 15) is 0 Å². The molecule has 0 bridgehead atoms. The molecule has 2 N–H and O–H groups in total. The Balaban J connectivity index is 1.34. The molecule has 0 amide bonds. The molecule has 0 saturated heterocycles. The van der Waals surface area contributed by atoms with Crippen molar-refractivity contribution in [2.45, 2.75) is 39.4 Å². The van der Waals surface area contributed by atoms with E-state index in [1.165, 1.54) is 24.0 Å². The summed E-state index contributed by atoms with van der Waals surface area (Å²) < 4.78 is 7.64. The van der Waals surface area contributed by atoms with Crippen LogP contribution >= 0.6 is 0 Å². The lowest BCUT2D eigenvalue weighted by Gasteiger charge is -2.14. The normalized spacial score (nSPS) is 13.8. The molecule has 7 heteroatoms. The largest absolute Gasteiger partial charge is 0.477 e. The fraction of sp³-hybridized carbons (Fsp3) is 0.375. The van der Waals surface area contributed by atoms with Crippen molar-refractivity contribution in [1.82, 2.24) is 25.4 Å². The highest BCUT2D eigenvalue weighted by Gasteiger charge is 2.22. The summed E-state index contributed by atoms with van der Waals surface area (Å²) in [4.78, 5) is 9.12. The molecule has 4 rings (SSSR count). The van der Waals surface area contributed by atoms with Crippen LogP contribution in [0.3, 0.4) is 0 Å². The summed E-state index contributed by atoms with van der Waals surface area (Å²) >= 11 is 0. The van der Waals surface area contributed by atoms with Gasteiger partial charge in [0, 0.05) is 37.7 Å². The summed E-state index contributed by atoms with van der Waals surface area (Å²) in [7, 11) is 0. The van der Waals surface area contributed by atoms with Gasteiger partial charge < -0.3 is 15.4 Å². The highest BCUT2D eigenvalue weighted by Crippen LogP contribution is 2.29. The molecular weight excluding hydrogens is 388 g/mol. The number of rotatable bonds is 10. The van der Waals surface area contributed by atoms with Gasteiger partial charge in [-0.25, -0.2) is 9.98 Å². The quantitative estimate of drug-likeness (QED) is 0.390. The lowest BCUT2D eigenvalue weighted by molar-refractivity contribution is 0.288. The number of aromatic nitrogens is 3. The van der Waals surface area contributed by atoms with E-state index in [4.69, 9.17) is 9.73 Å². The minimum atomic E-state index is 0.556. The smallest absolute Gasteiger partial charge is 0.213 e. The van der Waals surface area contributed by atoms with Gasteiger partial charge in [0.1, 0.15) is 0 Å². The monoisotopic (exact) mass is 418 g/mol. The standard InChI is InChI=1S/C24H30N6O/c1-2-25-24(27-15-20-10-11-23(26-14-20)31-18-19-8-9-19)28-16-21-6-3-4-7-22(21)17-30-13-5-12-29-30/h3-7,10-14,19H,2,8-9,15-18H2,1H3,(H2,25,27,28). The van der Waals surface area contributed by atoms with Crippen molar-refractivity contribution in [2.75, 3.05) is 13.2 Å². The summed E-state index contributed by atoms with van der Waals surface area (Å²) in [6.07, 6.45) is 8.18. The molecule has 1 aromatic carbocycles. The zero-order valence-corrected chi connectivity index (χ0v) is 18.0. The molecule has 0 atom stereocenters. The van der Waals surface area contributed by atoms with Crippen molar-refractivity contribution >= 4 is 5.96 Å². The van der Waals surface area contributed by atoms with Gasteiger partial charge in [-0.2, -0.15) is 5.10 Å². The molecule has 0 unspecified atom stereocenters. The topological polar surface area (TPSA) is 76.4 Å². The van der Waals surface area contributed by atoms with Crippen molar-refractivity contribution in [3.8, 4) is 5.88 Å². The van der Waals surface area contributed by atoms with Crippen LogP contribution in [0.15, 0.2) is 66.0 Å². The number of hydrogen-bond donors (Lipinski definition) is 2. The number of hydrogen-bond acceptors (Lipinski definition) is 4. The average Bonchev–Trinajstić information content (AvgIpc) is 3.50. The van der Waals surface area contributed by atoms with Crippen LogP contribution in [-0.4, -0.2) is 33.9 Å². The molecule has 3 aromatic rings. The maximum absolute atomic E-state index is 5.71. The fourth-order valence-electron chi connectivity index (χ4n) is 3.22. The SMILES string of the molecule is CCNC(=NCc1ccc(OCC2CC2)nc1)NCc1ccccc1Cn1cccn1. The molecule has 162 valence electrons. The van der Waals surface area contributed by atoms with Gasteiger partial charge in [-0.1, -0.05) is 30.3 Å². The first kappa shape index (κ1) is 20.9. The van der Waals surface area contributed by atoms with E-state index in [1.54, 1.807) is 6.20 Å². The number of nitrogens with one attached hydrogen (secondary N) is 2. The van der Waals surface area contributed by atoms with Crippen molar-refractivity contribution in [3.63, 3.8) is 0 Å². The van der Waals surface area contributed by atoms with E-state index in [1.807, 2.05) is 35.3 Å². The Morgan fingerprint density at radius 1 is 1.13 bits per heavy atom. The Morgan fingerprint density at radius 3 is 2.71 bits per heavy atom. The first-order valence-electron chi connectivity index (χ1n) is 10.9. The summed E-state index contributed by atoms with van der Waals surface area (Å²) in [5.74, 6) is 2.20. The summed E-state index contributed by atoms with van der Waals surface area (Å²) in [5.41, 5.74) is 3.51. The van der Waals surface area contributed by atoms with Crippen LogP contribution in [0.1, 0.15) is 36.5 Å². The van der Waals surface area contributed by atoms with Crippen molar-refractivity contribution in [2.24, 2.45) is 10.9 Å². The van der Waals surface area contributed by atoms with Crippen LogP contribution in [0.25, 0.3) is 0 Å². The number of pyridine rings is 1. The van der Waals surface area contributed by atoms with Gasteiger partial charge in [0.2, 0.25) is 5.88 Å². The second-order valence-electron chi connectivity index (χ2n) is 7.78. The molecule has 7 nitrogen and oxygen atoms in total. The third kappa shape index (κ3) is 6.57. The van der Waals surface area contributed by atoms with Crippen LogP contribution in [0, 0.1) is 5.92 Å². The molecule has 1 aliphatic rings. The minimum Gasteiger partial charge on any atom is -0.477 e. The van der Waals surface area contributed by atoms with Gasteiger partial charge in [0.25, 0.3) is 0 Å². The van der Waals surface area contributed by atoms with Crippen LogP contribution in [0.2, 0.25) is 0 Å². The van der Waals surface area contributed by atoms with E-state index >= 15 is 0 Å². The molecule has 2 heterocycles. The molecule has 1 saturated carbocycles. The highest BCUT2D eigenvalue weighted by atomic mass is 16.5. The van der Waals surface area contributed by atoms with E-state index in [0.29, 0.717) is 19.0 Å². The Hall–Kier alpha value is -3.35. The predicted octanol–water partition coefficient (Wildman–Crippen LogP) is 3.37. The number of benzene rings is 1. The van der Waals surface area contributed by atoms with Gasteiger partial charge >= 0.3 is 0 Å². The fourth-order valence-corrected chi connectivity index (χ4v) is 3.22. The first-order chi connectivity index (χ1) is 15.3. The molecular formula is C24H30N6O. The van der Waals surface area contributed by atoms with Gasteiger partial charge in [-0.3, -0.25) is 4.68 Å². The third-order valence-corrected chi connectivity index (χ3v) is 5.18. The summed E-state index contributed by atoms with van der Waals surface area (Å²) in [6, 6.07) is 14.3. The summed E-state index contributed by atoms with van der Waals surface area (Å²) in [5, 5.41) is 11.1. The zero-order valence-electron chi connectivity index (χ0n) is 18.0. The number of nitrogens with zero attached hydrogens (tertiary/aromatic N) is 4. The van der Waals surface area contributed by atoms with Gasteiger partial charge in [0.05, 0.1) is 19.7 Å². The Kier molecular flexibility index (Phi) is 7.16. The lowest BCUT2D eigenvalue weighted by Crippen LogP contribution is -2.37. The Morgan fingerprint density at radius 2 is 2.00 bits per heavy atom. The lowest BCUT2D eigenvalue weighted by atomic mass is 10.1. The number of guanidine groups is 1. The van der Waals surface area contributed by atoms with E-state index in [-0.39, 0.29) is 0 Å². The van der Waals surface area contributed by atoms with Crippen LogP contribution in [0.5, 0.6) is 5.88 Å². The second kappa shape index (κ2) is 10.6. The van der Waals surface area contributed by atoms with Crippen LogP contribution in [0.4, 0.5) is 0 Å². The Labute approximate surface area is 183 Å². The molecule has 0 spiro atoms. The van der Waals surface area contributed by atoms with Gasteiger partial charge in [0.15, 0.2) is 5.96 Å². The van der Waals surface area contributed by atoms with Crippen LogP contribution < -0.4 is 15.4 Å². The average molecular weight is 419 g/mol. The maximum Gasteiger partial charge on any atom is 0.213 e. The minimum absolute atomic E-state index is 0.556. The molecule has 31 heavy (non-hydrogen) atoms. The third-order valence-electron chi connectivity index (χ3n) is 5.18. The molecule has 1 fully saturated rings. The van der Waals surface area contributed by atoms with E-state index < -0.39 is 0 Å². The molecule has 0 radical (unpaired) electrons. The number of aliphatic imine (C=N–C) groups is 1. The predicted molar refractivity (Wildman–Crippen MR) is 122 cm³/mol. The molecule has 1 aliphatic carbocycles. The number of ether oxygens (including phenoxy) is 1. The first-order valence-corrected chi connectivity index (χ1v) is 10.9. The van der Waals surface area contributed by atoms with E-state index in [2.05, 4.69) is 51.9 Å².